The minimum Gasteiger partial charge on any atom is -0.369 e. The molecular formula is C21H24ClN3O. The van der Waals surface area contributed by atoms with Crippen LogP contribution < -0.4 is 5.73 Å². The summed E-state index contributed by atoms with van der Waals surface area (Å²) in [6, 6.07) is 6.52. The number of hydrogen-bond donors (Lipinski definition) is 1. The standard InChI is InChI=1S/C21H24ClN3O/c1-13-5-6-16(11-18(13)22)15-8-7-14-4-3-9-21(17(14)10-15)12-19(26)25(2)20(23)24-21/h5-8,10-11,13,18H,3-4,9,12H2,1-2H3,(H2,23,24)/t13?,18?,21-/m0/s1. The highest BCUT2D eigenvalue weighted by atomic mass is 35.5. The van der Waals surface area contributed by atoms with E-state index in [-0.39, 0.29) is 11.3 Å². The van der Waals surface area contributed by atoms with Crippen LogP contribution in [0, 0.1) is 5.92 Å². The van der Waals surface area contributed by atoms with E-state index in [4.69, 9.17) is 22.3 Å². The van der Waals surface area contributed by atoms with Crippen LogP contribution in [0.2, 0.25) is 0 Å². The molecule has 4 nitrogen and oxygen atoms in total. The minimum atomic E-state index is -0.524. The predicted octanol–water partition coefficient (Wildman–Crippen LogP) is 3.59. The van der Waals surface area contributed by atoms with Gasteiger partial charge in [0.15, 0.2) is 5.96 Å². The van der Waals surface area contributed by atoms with Crippen molar-refractivity contribution in [1.29, 1.82) is 0 Å². The molecule has 0 radical (unpaired) electrons. The molecule has 3 atom stereocenters. The van der Waals surface area contributed by atoms with Crippen molar-refractivity contribution in [2.24, 2.45) is 16.6 Å². The van der Waals surface area contributed by atoms with Gasteiger partial charge in [-0.05, 0) is 53.5 Å². The number of rotatable bonds is 1. The van der Waals surface area contributed by atoms with Gasteiger partial charge in [0.25, 0.3) is 0 Å². The zero-order valence-corrected chi connectivity index (χ0v) is 16.0. The highest BCUT2D eigenvalue weighted by Crippen LogP contribution is 2.44. The normalized spacial score (nSPS) is 30.9. The smallest absolute Gasteiger partial charge is 0.231 e. The van der Waals surface area contributed by atoms with Crippen LogP contribution in [0.15, 0.2) is 41.4 Å². The number of halogens is 1. The first-order chi connectivity index (χ1) is 12.4. The molecule has 2 unspecified atom stereocenters. The average Bonchev–Trinajstić information content (AvgIpc) is 2.62. The molecule has 5 heteroatoms. The Balaban J connectivity index is 1.81. The van der Waals surface area contributed by atoms with Crippen molar-refractivity contribution in [3.63, 3.8) is 0 Å². The Morgan fingerprint density at radius 2 is 2.19 bits per heavy atom. The van der Waals surface area contributed by atoms with Crippen LogP contribution in [0.5, 0.6) is 0 Å². The summed E-state index contributed by atoms with van der Waals surface area (Å²) < 4.78 is 0. The second kappa shape index (κ2) is 6.27. The van der Waals surface area contributed by atoms with Gasteiger partial charge in [0.05, 0.1) is 17.3 Å². The molecule has 1 spiro atoms. The molecule has 4 rings (SSSR count). The van der Waals surface area contributed by atoms with Crippen molar-refractivity contribution in [3.8, 4) is 0 Å². The summed E-state index contributed by atoms with van der Waals surface area (Å²) >= 11 is 6.44. The SMILES string of the molecule is CC1C=CC(c2ccc3c(c2)[C@]2(CCC3)CC(=O)N(C)C(N)=N2)=CC1Cl. The molecule has 0 bridgehead atoms. The van der Waals surface area contributed by atoms with Gasteiger partial charge in [0, 0.05) is 7.05 Å². The van der Waals surface area contributed by atoms with Crippen molar-refractivity contribution in [2.75, 3.05) is 7.05 Å². The van der Waals surface area contributed by atoms with Crippen LogP contribution in [0.4, 0.5) is 0 Å². The lowest BCUT2D eigenvalue weighted by atomic mass is 9.73. The van der Waals surface area contributed by atoms with Crippen LogP contribution in [0.1, 0.15) is 42.9 Å². The van der Waals surface area contributed by atoms with Gasteiger partial charge in [-0.15, -0.1) is 11.6 Å². The van der Waals surface area contributed by atoms with E-state index in [9.17, 15) is 4.79 Å². The molecule has 0 saturated carbocycles. The number of carbonyl (C=O) groups excluding carboxylic acids is 1. The fourth-order valence-corrected chi connectivity index (χ4v) is 4.40. The zero-order valence-electron chi connectivity index (χ0n) is 15.2. The molecule has 3 aliphatic rings. The molecule has 136 valence electrons. The summed E-state index contributed by atoms with van der Waals surface area (Å²) in [7, 11) is 1.69. The molecule has 2 aliphatic carbocycles. The Kier molecular flexibility index (Phi) is 4.19. The van der Waals surface area contributed by atoms with E-state index in [2.05, 4.69) is 43.4 Å². The fraction of sp³-hybridized carbons (Fsp3) is 0.429. The van der Waals surface area contributed by atoms with Gasteiger partial charge in [-0.25, -0.2) is 4.99 Å². The quantitative estimate of drug-likeness (QED) is 0.769. The van der Waals surface area contributed by atoms with E-state index >= 15 is 0 Å². The summed E-state index contributed by atoms with van der Waals surface area (Å²) in [5.74, 6) is 0.674. The molecule has 1 amide bonds. The fourth-order valence-electron chi connectivity index (χ4n) is 4.18. The van der Waals surface area contributed by atoms with Gasteiger partial charge in [0.1, 0.15) is 0 Å². The molecule has 1 aromatic rings. The molecule has 1 aliphatic heterocycles. The Labute approximate surface area is 159 Å². The highest BCUT2D eigenvalue weighted by molar-refractivity contribution is 6.22. The number of fused-ring (bicyclic) bond motifs is 2. The number of hydrogen-bond acceptors (Lipinski definition) is 3. The number of alkyl halides is 1. The summed E-state index contributed by atoms with van der Waals surface area (Å²) in [5, 5.41) is -0.00133. The number of aliphatic imine (C=N–C) groups is 1. The van der Waals surface area contributed by atoms with E-state index in [1.54, 1.807) is 7.05 Å². The molecule has 0 fully saturated rings. The number of nitrogens with two attached hydrogens (primary N) is 1. The Bertz CT molecular complexity index is 857. The molecule has 0 saturated heterocycles. The van der Waals surface area contributed by atoms with Gasteiger partial charge < -0.3 is 5.73 Å². The maximum Gasteiger partial charge on any atom is 0.231 e. The number of carbonyl (C=O) groups is 1. The molecule has 1 heterocycles. The van der Waals surface area contributed by atoms with E-state index < -0.39 is 5.54 Å². The van der Waals surface area contributed by atoms with Crippen LogP contribution in [0.3, 0.4) is 0 Å². The zero-order chi connectivity index (χ0) is 18.5. The third-order valence-corrected chi connectivity index (χ3v) is 6.41. The lowest BCUT2D eigenvalue weighted by Crippen LogP contribution is -2.49. The Morgan fingerprint density at radius 1 is 1.38 bits per heavy atom. The van der Waals surface area contributed by atoms with Crippen LogP contribution in [-0.2, 0) is 16.8 Å². The lowest BCUT2D eigenvalue weighted by Gasteiger charge is -2.40. The van der Waals surface area contributed by atoms with Crippen molar-refractivity contribution < 1.29 is 4.79 Å². The molecule has 0 aromatic heterocycles. The van der Waals surface area contributed by atoms with Gasteiger partial charge in [-0.3, -0.25) is 9.69 Å². The first kappa shape index (κ1) is 17.3. The summed E-state index contributed by atoms with van der Waals surface area (Å²) in [4.78, 5) is 18.7. The third kappa shape index (κ3) is 2.77. The van der Waals surface area contributed by atoms with Crippen molar-refractivity contribution >= 4 is 29.0 Å². The van der Waals surface area contributed by atoms with Gasteiger partial charge >= 0.3 is 0 Å². The number of aryl methyl sites for hydroxylation is 1. The van der Waals surface area contributed by atoms with E-state index in [0.717, 1.165) is 36.0 Å². The monoisotopic (exact) mass is 369 g/mol. The van der Waals surface area contributed by atoms with Crippen LogP contribution >= 0.6 is 11.6 Å². The van der Waals surface area contributed by atoms with Crippen LogP contribution in [-0.4, -0.2) is 29.2 Å². The van der Waals surface area contributed by atoms with Crippen LogP contribution in [0.25, 0.3) is 5.57 Å². The number of allylic oxidation sites excluding steroid dienone is 4. The number of nitrogens with zero attached hydrogens (tertiary/aromatic N) is 2. The Hall–Kier alpha value is -2.07. The summed E-state index contributed by atoms with van der Waals surface area (Å²) in [6.07, 6.45) is 9.67. The first-order valence-corrected chi connectivity index (χ1v) is 9.63. The van der Waals surface area contributed by atoms with Gasteiger partial charge in [0.2, 0.25) is 5.91 Å². The topological polar surface area (TPSA) is 58.7 Å². The largest absolute Gasteiger partial charge is 0.369 e. The molecule has 26 heavy (non-hydrogen) atoms. The maximum atomic E-state index is 12.5. The molecule has 2 N–H and O–H groups in total. The molecular weight excluding hydrogens is 346 g/mol. The minimum absolute atomic E-state index is 0.00133. The maximum absolute atomic E-state index is 12.5. The van der Waals surface area contributed by atoms with Crippen molar-refractivity contribution in [2.45, 2.75) is 43.5 Å². The van der Waals surface area contributed by atoms with Gasteiger partial charge in [-0.1, -0.05) is 37.3 Å². The predicted molar refractivity (Wildman–Crippen MR) is 106 cm³/mol. The number of amides is 1. The number of guanidine groups is 1. The molecule has 1 aromatic carbocycles. The lowest BCUT2D eigenvalue weighted by molar-refractivity contribution is -0.128. The Morgan fingerprint density at radius 3 is 2.92 bits per heavy atom. The summed E-state index contributed by atoms with van der Waals surface area (Å²) in [5.41, 5.74) is 10.2. The van der Waals surface area contributed by atoms with E-state index in [1.807, 2.05) is 0 Å². The summed E-state index contributed by atoms with van der Waals surface area (Å²) in [6.45, 7) is 2.12. The average molecular weight is 370 g/mol. The second-order valence-corrected chi connectivity index (χ2v) is 8.15. The third-order valence-electron chi connectivity index (χ3n) is 5.89. The van der Waals surface area contributed by atoms with E-state index in [1.165, 1.54) is 10.5 Å². The number of benzene rings is 1. The van der Waals surface area contributed by atoms with Gasteiger partial charge in [-0.2, -0.15) is 0 Å². The van der Waals surface area contributed by atoms with Crippen molar-refractivity contribution in [1.82, 2.24) is 4.90 Å². The van der Waals surface area contributed by atoms with E-state index in [0.29, 0.717) is 18.3 Å². The second-order valence-electron chi connectivity index (χ2n) is 7.64. The van der Waals surface area contributed by atoms with Crippen molar-refractivity contribution in [3.05, 3.63) is 53.1 Å². The first-order valence-electron chi connectivity index (χ1n) is 9.19. The highest BCUT2D eigenvalue weighted by Gasteiger charge is 2.43.